The van der Waals surface area contributed by atoms with Gasteiger partial charge >= 0.3 is 0 Å². The summed E-state index contributed by atoms with van der Waals surface area (Å²) in [4.78, 5) is 0. The molecular formula is C13H23B. The monoisotopic (exact) mass is 190 g/mol. The highest BCUT2D eigenvalue weighted by atomic mass is 14.6. The third-order valence-electron chi connectivity index (χ3n) is 5.25. The van der Waals surface area contributed by atoms with Gasteiger partial charge in [0.25, 0.3) is 0 Å². The van der Waals surface area contributed by atoms with Gasteiger partial charge in [0.2, 0.25) is 0 Å². The summed E-state index contributed by atoms with van der Waals surface area (Å²) >= 11 is 0. The molecule has 2 bridgehead atoms. The Hall–Kier alpha value is -0.195. The molecule has 0 nitrogen and oxygen atoms in total. The Morgan fingerprint density at radius 1 is 1.43 bits per heavy atom. The summed E-state index contributed by atoms with van der Waals surface area (Å²) < 4.78 is 0. The number of hydrogen-bond donors (Lipinski definition) is 0. The van der Waals surface area contributed by atoms with Gasteiger partial charge in [-0.05, 0) is 29.6 Å². The first-order valence-electron chi connectivity index (χ1n) is 6.18. The fraction of sp³-hybridized carbons (Fsp3) is 0.846. The topological polar surface area (TPSA) is 0 Å². The molecule has 0 aromatic heterocycles. The minimum absolute atomic E-state index is 0.657. The molecule has 3 aliphatic carbocycles. The van der Waals surface area contributed by atoms with E-state index in [0.29, 0.717) is 5.41 Å². The van der Waals surface area contributed by atoms with Gasteiger partial charge in [-0.1, -0.05) is 45.4 Å². The highest BCUT2D eigenvalue weighted by molar-refractivity contribution is 6.38. The van der Waals surface area contributed by atoms with Crippen LogP contribution in [-0.4, -0.2) is 7.28 Å². The van der Waals surface area contributed by atoms with Crippen molar-refractivity contribution in [2.75, 3.05) is 0 Å². The lowest BCUT2D eigenvalue weighted by Crippen LogP contribution is -2.54. The Labute approximate surface area is 89.4 Å². The van der Waals surface area contributed by atoms with E-state index in [1.807, 2.05) is 0 Å². The number of hydrogen-bond acceptors (Lipinski definition) is 0. The van der Waals surface area contributed by atoms with E-state index in [2.05, 4.69) is 33.4 Å². The van der Waals surface area contributed by atoms with Crippen LogP contribution in [0.5, 0.6) is 0 Å². The second-order valence-electron chi connectivity index (χ2n) is 6.08. The summed E-state index contributed by atoms with van der Waals surface area (Å²) in [6, 6.07) is 0. The maximum atomic E-state index is 3.83. The molecule has 3 aliphatic rings. The molecule has 3 rings (SSSR count). The SMILES string of the molecule is C=CCB[C@H]1C[C@H]2C[C@@H](C1C)C2(C)C. The third kappa shape index (κ3) is 1.36. The fourth-order valence-electron chi connectivity index (χ4n) is 3.97. The van der Waals surface area contributed by atoms with Crippen LogP contribution in [0.25, 0.3) is 0 Å². The van der Waals surface area contributed by atoms with Crippen LogP contribution in [0.4, 0.5) is 0 Å². The largest absolute Gasteiger partial charge is 0.128 e. The van der Waals surface area contributed by atoms with E-state index in [-0.39, 0.29) is 0 Å². The maximum Gasteiger partial charge on any atom is 0.128 e. The van der Waals surface area contributed by atoms with E-state index in [9.17, 15) is 0 Å². The zero-order valence-corrected chi connectivity index (χ0v) is 9.92. The van der Waals surface area contributed by atoms with E-state index in [0.717, 1.165) is 23.6 Å². The highest BCUT2D eigenvalue weighted by Crippen LogP contribution is 2.64. The molecule has 3 fully saturated rings. The molecule has 0 spiro atoms. The van der Waals surface area contributed by atoms with Crippen molar-refractivity contribution >= 4 is 7.28 Å². The van der Waals surface area contributed by atoms with Crippen molar-refractivity contribution in [2.45, 2.75) is 45.8 Å². The van der Waals surface area contributed by atoms with Crippen LogP contribution in [-0.2, 0) is 0 Å². The molecule has 0 N–H and O–H groups in total. The molecule has 3 saturated carbocycles. The lowest BCUT2D eigenvalue weighted by molar-refractivity contribution is -0.0985. The zero-order chi connectivity index (χ0) is 10.3. The lowest BCUT2D eigenvalue weighted by atomic mass is 9.37. The third-order valence-corrected chi connectivity index (χ3v) is 5.25. The smallest absolute Gasteiger partial charge is 0.104 e. The Morgan fingerprint density at radius 2 is 2.14 bits per heavy atom. The molecule has 0 amide bonds. The molecule has 0 aromatic carbocycles. The average molecular weight is 190 g/mol. The Bertz CT molecular complexity index is 231. The van der Waals surface area contributed by atoms with E-state index in [1.165, 1.54) is 26.4 Å². The second-order valence-corrected chi connectivity index (χ2v) is 6.08. The summed E-state index contributed by atoms with van der Waals surface area (Å²) in [6.07, 6.45) is 6.30. The standard InChI is InChI=1S/C13H23B/c1-5-6-14-12-8-10-7-11(9(12)2)13(10,3)4/h5,9-12,14H,1,6-8H2,2-4H3/t9?,10-,11+,12+/m1/s1. The molecule has 0 aliphatic heterocycles. The van der Waals surface area contributed by atoms with Gasteiger partial charge in [-0.15, -0.1) is 6.58 Å². The first-order valence-corrected chi connectivity index (χ1v) is 6.18. The number of rotatable bonds is 3. The van der Waals surface area contributed by atoms with Crippen LogP contribution >= 0.6 is 0 Å². The van der Waals surface area contributed by atoms with Gasteiger partial charge in [0.15, 0.2) is 0 Å². The predicted octanol–water partition coefficient (Wildman–Crippen LogP) is 3.52. The van der Waals surface area contributed by atoms with Gasteiger partial charge in [-0.2, -0.15) is 0 Å². The van der Waals surface area contributed by atoms with Gasteiger partial charge < -0.3 is 0 Å². The molecule has 0 heterocycles. The van der Waals surface area contributed by atoms with Gasteiger partial charge in [0, 0.05) is 0 Å². The Kier molecular flexibility index (Phi) is 2.53. The number of allylic oxidation sites excluding steroid dienone is 1. The van der Waals surface area contributed by atoms with Crippen LogP contribution in [0.3, 0.4) is 0 Å². The lowest BCUT2D eigenvalue weighted by Gasteiger charge is -2.62. The van der Waals surface area contributed by atoms with Gasteiger partial charge in [-0.3, -0.25) is 0 Å². The molecule has 0 saturated heterocycles. The zero-order valence-electron chi connectivity index (χ0n) is 9.92. The van der Waals surface area contributed by atoms with Crippen LogP contribution in [0.2, 0.25) is 12.1 Å². The number of fused-ring (bicyclic) bond motifs is 2. The predicted molar refractivity (Wildman–Crippen MR) is 65.1 cm³/mol. The van der Waals surface area contributed by atoms with Crippen LogP contribution in [0, 0.1) is 23.2 Å². The first-order chi connectivity index (χ1) is 6.57. The normalized spacial score (nSPS) is 43.9. The summed E-state index contributed by atoms with van der Waals surface area (Å²) in [5.41, 5.74) is 0.657. The van der Waals surface area contributed by atoms with Crippen molar-refractivity contribution in [3.8, 4) is 0 Å². The van der Waals surface area contributed by atoms with Crippen molar-refractivity contribution < 1.29 is 0 Å². The van der Waals surface area contributed by atoms with Gasteiger partial charge in [0.05, 0.1) is 0 Å². The van der Waals surface area contributed by atoms with Crippen molar-refractivity contribution in [3.63, 3.8) is 0 Å². The van der Waals surface area contributed by atoms with Gasteiger partial charge in [0.1, 0.15) is 7.28 Å². The van der Waals surface area contributed by atoms with E-state index in [1.54, 1.807) is 0 Å². The quantitative estimate of drug-likeness (QED) is 0.471. The van der Waals surface area contributed by atoms with E-state index in [4.69, 9.17) is 0 Å². The van der Waals surface area contributed by atoms with E-state index < -0.39 is 0 Å². The molecule has 0 aromatic rings. The molecule has 14 heavy (non-hydrogen) atoms. The summed E-state index contributed by atoms with van der Waals surface area (Å²) in [5, 5.41) is 0. The van der Waals surface area contributed by atoms with Gasteiger partial charge in [-0.25, -0.2) is 0 Å². The van der Waals surface area contributed by atoms with Crippen LogP contribution < -0.4 is 0 Å². The van der Waals surface area contributed by atoms with Crippen LogP contribution in [0.15, 0.2) is 12.7 Å². The maximum absolute atomic E-state index is 3.83. The second kappa shape index (κ2) is 3.43. The fourth-order valence-corrected chi connectivity index (χ4v) is 3.97. The van der Waals surface area contributed by atoms with Crippen molar-refractivity contribution in [1.29, 1.82) is 0 Å². The Morgan fingerprint density at radius 3 is 2.64 bits per heavy atom. The molecular weight excluding hydrogens is 167 g/mol. The molecule has 1 heteroatoms. The van der Waals surface area contributed by atoms with Crippen molar-refractivity contribution in [3.05, 3.63) is 12.7 Å². The van der Waals surface area contributed by atoms with E-state index >= 15 is 0 Å². The van der Waals surface area contributed by atoms with Crippen molar-refractivity contribution in [1.82, 2.24) is 0 Å². The summed E-state index contributed by atoms with van der Waals surface area (Å²) in [5.74, 6) is 3.98. The van der Waals surface area contributed by atoms with Crippen LogP contribution in [0.1, 0.15) is 33.6 Å². The Balaban J connectivity index is 1.97. The minimum Gasteiger partial charge on any atom is -0.104 e. The molecule has 78 valence electrons. The summed E-state index contributed by atoms with van der Waals surface area (Å²) in [6.45, 7) is 11.3. The molecule has 0 radical (unpaired) electrons. The minimum atomic E-state index is 0.657. The molecule has 1 unspecified atom stereocenters. The average Bonchev–Trinajstić information content (AvgIpc) is 2.15. The first kappa shape index (κ1) is 10.3. The van der Waals surface area contributed by atoms with Crippen molar-refractivity contribution in [2.24, 2.45) is 23.2 Å². The highest BCUT2D eigenvalue weighted by Gasteiger charge is 2.55. The summed E-state index contributed by atoms with van der Waals surface area (Å²) in [7, 11) is 1.38. The molecule has 4 atom stereocenters.